The maximum Gasteiger partial charge on any atom is 0.107 e. The average molecular weight is 157 g/mol. The molecule has 1 aliphatic heterocycles. The number of piperidine rings is 1. The topological polar surface area (TPSA) is 12.0 Å². The van der Waals surface area contributed by atoms with Gasteiger partial charge in [-0.05, 0) is 38.6 Å². The van der Waals surface area contributed by atoms with Gasteiger partial charge in [-0.2, -0.15) is 0 Å². The summed E-state index contributed by atoms with van der Waals surface area (Å²) in [5.41, 5.74) is 0.0538. The van der Waals surface area contributed by atoms with Crippen molar-refractivity contribution >= 4 is 0 Å². The van der Waals surface area contributed by atoms with Crippen LogP contribution in [0.3, 0.4) is 0 Å². The number of halogens is 1. The molecule has 64 valence electrons. The zero-order valence-electron chi connectivity index (χ0n) is 6.91. The molecular formula is C9H16FN. The molecule has 11 heavy (non-hydrogen) atoms. The van der Waals surface area contributed by atoms with Crippen molar-refractivity contribution in [1.29, 1.82) is 0 Å². The zero-order valence-corrected chi connectivity index (χ0v) is 6.91. The quantitative estimate of drug-likeness (QED) is 0.566. The highest BCUT2D eigenvalue weighted by Crippen LogP contribution is 2.44. The van der Waals surface area contributed by atoms with Crippen molar-refractivity contribution < 1.29 is 4.39 Å². The van der Waals surface area contributed by atoms with E-state index < -0.39 is 6.17 Å². The normalized spacial score (nSPS) is 45.0. The molecule has 0 amide bonds. The van der Waals surface area contributed by atoms with Gasteiger partial charge in [0.1, 0.15) is 6.17 Å². The first-order valence-electron chi connectivity index (χ1n) is 4.68. The minimum Gasteiger partial charge on any atom is -0.316 e. The Morgan fingerprint density at radius 1 is 1.27 bits per heavy atom. The van der Waals surface area contributed by atoms with Crippen LogP contribution in [0.1, 0.15) is 32.1 Å². The summed E-state index contributed by atoms with van der Waals surface area (Å²) in [5.74, 6) is 0. The summed E-state index contributed by atoms with van der Waals surface area (Å²) in [6, 6.07) is 0. The number of rotatable bonds is 0. The van der Waals surface area contributed by atoms with Gasteiger partial charge in [-0.15, -0.1) is 0 Å². The molecule has 2 fully saturated rings. The molecule has 1 spiro atoms. The third-order valence-electron chi connectivity index (χ3n) is 3.30. The molecule has 2 aliphatic rings. The van der Waals surface area contributed by atoms with Crippen molar-refractivity contribution in [2.75, 3.05) is 13.1 Å². The van der Waals surface area contributed by atoms with Gasteiger partial charge in [0.2, 0.25) is 0 Å². The molecule has 0 bridgehead atoms. The molecule has 1 saturated heterocycles. The van der Waals surface area contributed by atoms with Crippen LogP contribution in [0.15, 0.2) is 0 Å². The second-order valence-corrected chi connectivity index (χ2v) is 4.00. The van der Waals surface area contributed by atoms with Crippen LogP contribution in [0.4, 0.5) is 4.39 Å². The van der Waals surface area contributed by atoms with Crippen molar-refractivity contribution in [2.45, 2.75) is 38.3 Å². The molecule has 1 N–H and O–H groups in total. The first-order chi connectivity index (χ1) is 5.33. The maximum atomic E-state index is 13.4. The maximum absolute atomic E-state index is 13.4. The smallest absolute Gasteiger partial charge is 0.107 e. The minimum atomic E-state index is -0.518. The third kappa shape index (κ3) is 1.18. The van der Waals surface area contributed by atoms with Gasteiger partial charge in [0.05, 0.1) is 0 Å². The van der Waals surface area contributed by atoms with Gasteiger partial charge in [-0.3, -0.25) is 0 Å². The largest absolute Gasteiger partial charge is 0.316 e. The van der Waals surface area contributed by atoms with Gasteiger partial charge in [0.15, 0.2) is 0 Å². The molecule has 2 atom stereocenters. The van der Waals surface area contributed by atoms with Gasteiger partial charge in [0.25, 0.3) is 0 Å². The van der Waals surface area contributed by atoms with E-state index in [2.05, 4.69) is 5.32 Å². The van der Waals surface area contributed by atoms with E-state index in [4.69, 9.17) is 0 Å². The Morgan fingerprint density at radius 3 is 2.64 bits per heavy atom. The zero-order chi connectivity index (χ0) is 7.73. The van der Waals surface area contributed by atoms with E-state index in [1.165, 1.54) is 6.42 Å². The van der Waals surface area contributed by atoms with E-state index >= 15 is 0 Å². The lowest BCUT2D eigenvalue weighted by atomic mass is 9.78. The van der Waals surface area contributed by atoms with E-state index in [0.717, 1.165) is 38.8 Å². The Labute approximate surface area is 67.4 Å². The number of nitrogens with one attached hydrogen (secondary N) is 1. The average Bonchev–Trinajstić information content (AvgIpc) is 2.36. The summed E-state index contributed by atoms with van der Waals surface area (Å²) < 4.78 is 13.4. The van der Waals surface area contributed by atoms with Gasteiger partial charge in [0, 0.05) is 12.0 Å². The van der Waals surface area contributed by atoms with E-state index in [0.29, 0.717) is 0 Å². The molecule has 0 aromatic carbocycles. The van der Waals surface area contributed by atoms with Crippen LogP contribution in [0.2, 0.25) is 0 Å². The predicted octanol–water partition coefficient (Wildman–Crippen LogP) is 1.88. The van der Waals surface area contributed by atoms with Gasteiger partial charge >= 0.3 is 0 Å². The van der Waals surface area contributed by atoms with Crippen LogP contribution in [-0.2, 0) is 0 Å². The highest BCUT2D eigenvalue weighted by molar-refractivity contribution is 4.95. The summed E-state index contributed by atoms with van der Waals surface area (Å²) >= 11 is 0. The van der Waals surface area contributed by atoms with Crippen LogP contribution in [0.25, 0.3) is 0 Å². The summed E-state index contributed by atoms with van der Waals surface area (Å²) in [7, 11) is 0. The lowest BCUT2D eigenvalue weighted by molar-refractivity contribution is 0.104. The molecule has 0 radical (unpaired) electrons. The van der Waals surface area contributed by atoms with Crippen molar-refractivity contribution in [3.8, 4) is 0 Å². The Bertz CT molecular complexity index is 140. The predicted molar refractivity (Wildman–Crippen MR) is 43.3 cm³/mol. The van der Waals surface area contributed by atoms with Crippen LogP contribution >= 0.6 is 0 Å². The Morgan fingerprint density at radius 2 is 2.09 bits per heavy atom. The first-order valence-corrected chi connectivity index (χ1v) is 4.68. The first kappa shape index (κ1) is 7.53. The Balaban J connectivity index is 2.06. The van der Waals surface area contributed by atoms with Crippen molar-refractivity contribution in [1.82, 2.24) is 5.32 Å². The van der Waals surface area contributed by atoms with Crippen LogP contribution in [0, 0.1) is 5.41 Å². The summed E-state index contributed by atoms with van der Waals surface area (Å²) in [5, 5.41) is 3.31. The number of hydrogen-bond donors (Lipinski definition) is 1. The van der Waals surface area contributed by atoms with Gasteiger partial charge in [-0.25, -0.2) is 4.39 Å². The van der Waals surface area contributed by atoms with E-state index in [1.807, 2.05) is 0 Å². The summed E-state index contributed by atoms with van der Waals surface area (Å²) in [4.78, 5) is 0. The summed E-state index contributed by atoms with van der Waals surface area (Å²) in [6.45, 7) is 2.02. The fraction of sp³-hybridized carbons (Fsp3) is 1.00. The Hall–Kier alpha value is -0.110. The van der Waals surface area contributed by atoms with Crippen LogP contribution in [-0.4, -0.2) is 19.3 Å². The van der Waals surface area contributed by atoms with E-state index in [1.54, 1.807) is 0 Å². The van der Waals surface area contributed by atoms with Crippen LogP contribution in [0.5, 0.6) is 0 Å². The molecule has 1 nitrogen and oxygen atoms in total. The van der Waals surface area contributed by atoms with Crippen molar-refractivity contribution in [3.63, 3.8) is 0 Å². The standard InChI is InChI=1S/C9H16FN/c10-8-3-1-4-9(8)5-2-6-11-7-9/h8,11H,1-7H2. The van der Waals surface area contributed by atoms with Crippen LogP contribution < -0.4 is 5.32 Å². The molecular weight excluding hydrogens is 141 g/mol. The highest BCUT2D eigenvalue weighted by atomic mass is 19.1. The SMILES string of the molecule is FC1CCCC12CCCNC2. The molecule has 2 unspecified atom stereocenters. The molecule has 0 aromatic heterocycles. The molecule has 2 rings (SSSR count). The number of alkyl halides is 1. The highest BCUT2D eigenvalue weighted by Gasteiger charge is 2.43. The van der Waals surface area contributed by atoms with Crippen molar-refractivity contribution in [2.24, 2.45) is 5.41 Å². The fourth-order valence-corrected chi connectivity index (χ4v) is 2.57. The molecule has 1 aliphatic carbocycles. The third-order valence-corrected chi connectivity index (χ3v) is 3.30. The number of hydrogen-bond acceptors (Lipinski definition) is 1. The molecule has 2 heteroatoms. The van der Waals surface area contributed by atoms with E-state index in [9.17, 15) is 4.39 Å². The molecule has 1 saturated carbocycles. The van der Waals surface area contributed by atoms with Gasteiger partial charge < -0.3 is 5.32 Å². The lowest BCUT2D eigenvalue weighted by Crippen LogP contribution is -2.43. The summed E-state index contributed by atoms with van der Waals surface area (Å²) in [6.07, 6.45) is 4.78. The van der Waals surface area contributed by atoms with Crippen molar-refractivity contribution in [3.05, 3.63) is 0 Å². The second-order valence-electron chi connectivity index (χ2n) is 4.00. The van der Waals surface area contributed by atoms with Gasteiger partial charge in [-0.1, -0.05) is 0 Å². The minimum absolute atomic E-state index is 0.0538. The Kier molecular flexibility index (Phi) is 1.88. The lowest BCUT2D eigenvalue weighted by Gasteiger charge is -2.35. The van der Waals surface area contributed by atoms with E-state index in [-0.39, 0.29) is 5.41 Å². The fourth-order valence-electron chi connectivity index (χ4n) is 2.57. The molecule has 0 aromatic rings. The monoisotopic (exact) mass is 157 g/mol. The second kappa shape index (κ2) is 2.74. The molecule has 1 heterocycles.